The van der Waals surface area contributed by atoms with Crippen LogP contribution >= 0.6 is 23.2 Å². The molecule has 2 aromatic rings. The average Bonchev–Trinajstić information content (AvgIpc) is 2.48. The van der Waals surface area contributed by atoms with Gasteiger partial charge in [-0.25, -0.2) is 0 Å². The summed E-state index contributed by atoms with van der Waals surface area (Å²) in [6, 6.07) is 14.2. The Morgan fingerprint density at radius 1 is 0.952 bits per heavy atom. The fraction of sp³-hybridized carbons (Fsp3) is 0.333. The molecule has 0 unspecified atom stereocenters. The molecule has 0 spiro atoms. The first-order valence-corrected chi connectivity index (χ1v) is 8.21. The van der Waals surface area contributed by atoms with Gasteiger partial charge in [0.25, 0.3) is 0 Å². The minimum absolute atomic E-state index is 0.667. The molecule has 112 valence electrons. The molecule has 0 saturated heterocycles. The summed E-state index contributed by atoms with van der Waals surface area (Å²) in [7, 11) is 0. The first-order chi connectivity index (χ1) is 10.2. The van der Waals surface area contributed by atoms with Gasteiger partial charge < -0.3 is 5.32 Å². The standard InChI is InChI=1S/C18H21Cl2N/c1-2-3-4-5-14-6-10-17(11-7-14)21-13-15-8-9-16(19)12-18(15)20/h6-12,21H,2-5,13H2,1H3. The van der Waals surface area contributed by atoms with Crippen LogP contribution < -0.4 is 5.32 Å². The zero-order valence-corrected chi connectivity index (χ0v) is 13.8. The van der Waals surface area contributed by atoms with Gasteiger partial charge in [0.1, 0.15) is 0 Å². The minimum Gasteiger partial charge on any atom is -0.381 e. The molecule has 3 heteroatoms. The fourth-order valence-corrected chi connectivity index (χ4v) is 2.71. The van der Waals surface area contributed by atoms with E-state index in [2.05, 4.69) is 36.5 Å². The normalized spacial score (nSPS) is 10.6. The maximum atomic E-state index is 6.17. The van der Waals surface area contributed by atoms with Gasteiger partial charge in [-0.15, -0.1) is 0 Å². The molecule has 0 aliphatic heterocycles. The van der Waals surface area contributed by atoms with Gasteiger partial charge in [0, 0.05) is 22.3 Å². The Morgan fingerprint density at radius 2 is 1.71 bits per heavy atom. The third kappa shape index (κ3) is 5.26. The van der Waals surface area contributed by atoms with Crippen molar-refractivity contribution in [1.82, 2.24) is 0 Å². The van der Waals surface area contributed by atoms with E-state index in [0.29, 0.717) is 16.6 Å². The number of hydrogen-bond donors (Lipinski definition) is 1. The lowest BCUT2D eigenvalue weighted by atomic mass is 10.1. The number of anilines is 1. The molecule has 21 heavy (non-hydrogen) atoms. The molecular formula is C18H21Cl2N. The van der Waals surface area contributed by atoms with E-state index in [4.69, 9.17) is 23.2 Å². The van der Waals surface area contributed by atoms with Crippen molar-refractivity contribution < 1.29 is 0 Å². The highest BCUT2D eigenvalue weighted by Crippen LogP contribution is 2.22. The van der Waals surface area contributed by atoms with Crippen molar-refractivity contribution in [3.05, 3.63) is 63.6 Å². The van der Waals surface area contributed by atoms with Gasteiger partial charge in [-0.2, -0.15) is 0 Å². The minimum atomic E-state index is 0.667. The molecule has 2 aromatic carbocycles. The predicted molar refractivity (Wildman–Crippen MR) is 93.5 cm³/mol. The molecule has 0 amide bonds. The Labute approximate surface area is 137 Å². The summed E-state index contributed by atoms with van der Waals surface area (Å²) in [4.78, 5) is 0. The molecule has 0 aliphatic carbocycles. The van der Waals surface area contributed by atoms with Gasteiger partial charge in [-0.3, -0.25) is 0 Å². The van der Waals surface area contributed by atoms with Crippen molar-refractivity contribution in [1.29, 1.82) is 0 Å². The SMILES string of the molecule is CCCCCc1ccc(NCc2ccc(Cl)cc2Cl)cc1. The Bertz CT molecular complexity index is 564. The van der Waals surface area contributed by atoms with Crippen molar-refractivity contribution in [2.45, 2.75) is 39.2 Å². The molecule has 0 fully saturated rings. The monoisotopic (exact) mass is 321 g/mol. The van der Waals surface area contributed by atoms with E-state index in [1.165, 1.54) is 24.8 Å². The molecule has 1 nitrogen and oxygen atoms in total. The van der Waals surface area contributed by atoms with Crippen LogP contribution in [-0.2, 0) is 13.0 Å². The second-order valence-corrected chi connectivity index (χ2v) is 6.09. The third-order valence-electron chi connectivity index (χ3n) is 3.52. The van der Waals surface area contributed by atoms with Crippen LogP contribution in [0.2, 0.25) is 10.0 Å². The van der Waals surface area contributed by atoms with Gasteiger partial charge in [0.05, 0.1) is 0 Å². The topological polar surface area (TPSA) is 12.0 Å². The Morgan fingerprint density at radius 3 is 2.38 bits per heavy atom. The Kier molecular flexibility index (Phi) is 6.41. The number of halogens is 2. The van der Waals surface area contributed by atoms with E-state index in [-0.39, 0.29) is 0 Å². The Balaban J connectivity index is 1.88. The summed E-state index contributed by atoms with van der Waals surface area (Å²) >= 11 is 12.1. The van der Waals surface area contributed by atoms with Gasteiger partial charge in [0.15, 0.2) is 0 Å². The van der Waals surface area contributed by atoms with Crippen molar-refractivity contribution in [2.24, 2.45) is 0 Å². The summed E-state index contributed by atoms with van der Waals surface area (Å²) in [5, 5.41) is 4.76. The summed E-state index contributed by atoms with van der Waals surface area (Å²) in [6.45, 7) is 2.93. The van der Waals surface area contributed by atoms with Gasteiger partial charge >= 0.3 is 0 Å². The molecule has 0 saturated carbocycles. The van der Waals surface area contributed by atoms with Crippen LogP contribution in [0.1, 0.15) is 37.3 Å². The van der Waals surface area contributed by atoms with Crippen LogP contribution in [-0.4, -0.2) is 0 Å². The van der Waals surface area contributed by atoms with Crippen LogP contribution in [0.25, 0.3) is 0 Å². The van der Waals surface area contributed by atoms with Gasteiger partial charge in [-0.1, -0.05) is 61.2 Å². The van der Waals surface area contributed by atoms with Gasteiger partial charge in [0.2, 0.25) is 0 Å². The van der Waals surface area contributed by atoms with Crippen molar-refractivity contribution >= 4 is 28.9 Å². The zero-order valence-electron chi connectivity index (χ0n) is 12.3. The number of aryl methyl sites for hydroxylation is 1. The summed E-state index contributed by atoms with van der Waals surface area (Å²) in [5.41, 5.74) is 3.56. The highest BCUT2D eigenvalue weighted by Gasteiger charge is 2.01. The lowest BCUT2D eigenvalue weighted by Gasteiger charge is -2.09. The van der Waals surface area contributed by atoms with E-state index in [1.807, 2.05) is 12.1 Å². The molecule has 1 N–H and O–H groups in total. The third-order valence-corrected chi connectivity index (χ3v) is 4.11. The first-order valence-electron chi connectivity index (χ1n) is 7.46. The maximum Gasteiger partial charge on any atom is 0.0470 e. The van der Waals surface area contributed by atoms with E-state index < -0.39 is 0 Å². The van der Waals surface area contributed by atoms with Crippen molar-refractivity contribution in [3.8, 4) is 0 Å². The van der Waals surface area contributed by atoms with E-state index in [9.17, 15) is 0 Å². The highest BCUT2D eigenvalue weighted by molar-refractivity contribution is 6.35. The van der Waals surface area contributed by atoms with Crippen LogP contribution in [0.3, 0.4) is 0 Å². The maximum absolute atomic E-state index is 6.17. The van der Waals surface area contributed by atoms with E-state index in [0.717, 1.165) is 17.7 Å². The zero-order chi connectivity index (χ0) is 15.1. The molecule has 0 atom stereocenters. The number of benzene rings is 2. The Hall–Kier alpha value is -1.18. The number of nitrogens with one attached hydrogen (secondary N) is 1. The molecule has 0 heterocycles. The molecule has 2 rings (SSSR count). The molecule has 0 aromatic heterocycles. The van der Waals surface area contributed by atoms with Crippen LogP contribution in [0.15, 0.2) is 42.5 Å². The van der Waals surface area contributed by atoms with E-state index >= 15 is 0 Å². The second-order valence-electron chi connectivity index (χ2n) is 5.24. The molecule has 0 radical (unpaired) electrons. The smallest absolute Gasteiger partial charge is 0.0470 e. The molecule has 0 bridgehead atoms. The molecule has 0 aliphatic rings. The number of rotatable bonds is 7. The number of hydrogen-bond acceptors (Lipinski definition) is 1. The summed E-state index contributed by atoms with van der Waals surface area (Å²) in [6.07, 6.45) is 5.00. The summed E-state index contributed by atoms with van der Waals surface area (Å²) < 4.78 is 0. The van der Waals surface area contributed by atoms with Crippen LogP contribution in [0.5, 0.6) is 0 Å². The highest BCUT2D eigenvalue weighted by atomic mass is 35.5. The molecular weight excluding hydrogens is 301 g/mol. The van der Waals surface area contributed by atoms with Crippen LogP contribution in [0.4, 0.5) is 5.69 Å². The van der Waals surface area contributed by atoms with Crippen LogP contribution in [0, 0.1) is 0 Å². The van der Waals surface area contributed by atoms with Crippen molar-refractivity contribution in [2.75, 3.05) is 5.32 Å². The van der Waals surface area contributed by atoms with Crippen molar-refractivity contribution in [3.63, 3.8) is 0 Å². The van der Waals surface area contributed by atoms with E-state index in [1.54, 1.807) is 6.07 Å². The first kappa shape index (κ1) is 16.2. The quantitative estimate of drug-likeness (QED) is 0.587. The largest absolute Gasteiger partial charge is 0.381 e. The lowest BCUT2D eigenvalue weighted by molar-refractivity contribution is 0.717. The van der Waals surface area contributed by atoms with Gasteiger partial charge in [-0.05, 0) is 48.2 Å². The summed E-state index contributed by atoms with van der Waals surface area (Å²) in [5.74, 6) is 0. The second kappa shape index (κ2) is 8.31. The fourth-order valence-electron chi connectivity index (χ4n) is 2.23. The number of unbranched alkanes of at least 4 members (excludes halogenated alkanes) is 2. The lowest BCUT2D eigenvalue weighted by Crippen LogP contribution is -2.00. The average molecular weight is 322 g/mol. The predicted octanol–water partition coefficient (Wildman–Crippen LogP) is 6.34.